The molecule has 0 saturated carbocycles. The largest absolute Gasteiger partial charge is 0.506 e. The molecule has 21 heavy (non-hydrogen) atoms. The van der Waals surface area contributed by atoms with Crippen molar-refractivity contribution in [3.63, 3.8) is 0 Å². The van der Waals surface area contributed by atoms with Crippen molar-refractivity contribution >= 4 is 17.4 Å². The summed E-state index contributed by atoms with van der Waals surface area (Å²) in [7, 11) is 0. The first-order valence-corrected chi connectivity index (χ1v) is 7.37. The number of carbonyl (C=O) groups is 1. The number of halogens is 1. The molecule has 2 N–H and O–H groups in total. The average molecular weight is 302 g/mol. The van der Waals surface area contributed by atoms with Crippen molar-refractivity contribution < 1.29 is 9.90 Å². The van der Waals surface area contributed by atoms with Gasteiger partial charge in [0.1, 0.15) is 5.75 Å². The number of rotatable bonds is 3. The molecule has 0 amide bonds. The molecule has 4 heteroatoms. The summed E-state index contributed by atoms with van der Waals surface area (Å²) in [6.07, 6.45) is 0.874. The van der Waals surface area contributed by atoms with Crippen molar-refractivity contribution in [2.45, 2.75) is 6.42 Å². The van der Waals surface area contributed by atoms with Gasteiger partial charge >= 0.3 is 0 Å². The number of carbonyl (C=O) groups excluding carboxylic acids is 1. The van der Waals surface area contributed by atoms with Crippen LogP contribution in [0.4, 0.5) is 0 Å². The molecule has 1 heterocycles. The van der Waals surface area contributed by atoms with E-state index in [9.17, 15) is 9.90 Å². The third-order valence-electron chi connectivity index (χ3n) is 3.88. The average Bonchev–Trinajstić information content (AvgIpc) is 3.04. The lowest BCUT2D eigenvalue weighted by Crippen LogP contribution is -2.18. The Kier molecular flexibility index (Phi) is 3.95. The van der Waals surface area contributed by atoms with Crippen molar-refractivity contribution in [1.29, 1.82) is 0 Å². The predicted octanol–water partition coefficient (Wildman–Crippen LogP) is 3.50. The molecule has 1 aliphatic heterocycles. The molecule has 3 nitrogen and oxygen atoms in total. The van der Waals surface area contributed by atoms with Crippen LogP contribution in [-0.2, 0) is 0 Å². The van der Waals surface area contributed by atoms with Crippen LogP contribution in [0.1, 0.15) is 16.8 Å². The molecule has 3 rings (SSSR count). The number of hydrogen-bond donors (Lipinski definition) is 2. The van der Waals surface area contributed by atoms with Crippen molar-refractivity contribution in [3.05, 3.63) is 53.1 Å². The SMILES string of the molecule is O=C(c1ccccc1-c1ccc(Cl)c(O)c1)C1CCNC1. The van der Waals surface area contributed by atoms with E-state index in [1.807, 2.05) is 30.3 Å². The molecule has 1 atom stereocenters. The highest BCUT2D eigenvalue weighted by Crippen LogP contribution is 2.32. The molecule has 0 aromatic heterocycles. The number of Topliss-reactive ketones (excluding diaryl/α,β-unsaturated/α-hetero) is 1. The predicted molar refractivity (Wildman–Crippen MR) is 83.9 cm³/mol. The van der Waals surface area contributed by atoms with E-state index in [2.05, 4.69) is 5.32 Å². The number of phenols is 1. The lowest BCUT2D eigenvalue weighted by Gasteiger charge is -2.13. The summed E-state index contributed by atoms with van der Waals surface area (Å²) in [4.78, 5) is 12.7. The lowest BCUT2D eigenvalue weighted by atomic mass is 9.90. The zero-order chi connectivity index (χ0) is 14.8. The van der Waals surface area contributed by atoms with Gasteiger partial charge in [-0.25, -0.2) is 0 Å². The Bertz CT molecular complexity index is 678. The zero-order valence-electron chi connectivity index (χ0n) is 11.5. The van der Waals surface area contributed by atoms with Crippen molar-refractivity contribution in [2.24, 2.45) is 5.92 Å². The Balaban J connectivity index is 2.02. The molecule has 1 saturated heterocycles. The maximum atomic E-state index is 12.7. The summed E-state index contributed by atoms with van der Waals surface area (Å²) < 4.78 is 0. The summed E-state index contributed by atoms with van der Waals surface area (Å²) >= 11 is 5.85. The zero-order valence-corrected chi connectivity index (χ0v) is 12.2. The van der Waals surface area contributed by atoms with E-state index in [1.165, 1.54) is 0 Å². The molecule has 1 unspecified atom stereocenters. The normalized spacial score (nSPS) is 17.9. The molecule has 0 bridgehead atoms. The molecule has 0 spiro atoms. The van der Waals surface area contributed by atoms with Crippen molar-refractivity contribution in [3.8, 4) is 16.9 Å². The third-order valence-corrected chi connectivity index (χ3v) is 4.20. The van der Waals surface area contributed by atoms with Crippen LogP contribution in [0.15, 0.2) is 42.5 Å². The Morgan fingerprint density at radius 2 is 2.05 bits per heavy atom. The minimum Gasteiger partial charge on any atom is -0.506 e. The fourth-order valence-electron chi connectivity index (χ4n) is 2.73. The van der Waals surface area contributed by atoms with E-state index in [0.717, 1.165) is 30.6 Å². The second-order valence-corrected chi connectivity index (χ2v) is 5.67. The monoisotopic (exact) mass is 301 g/mol. The summed E-state index contributed by atoms with van der Waals surface area (Å²) in [5.74, 6) is 0.219. The van der Waals surface area contributed by atoms with E-state index in [1.54, 1.807) is 12.1 Å². The van der Waals surface area contributed by atoms with Crippen LogP contribution < -0.4 is 5.32 Å². The first kappa shape index (κ1) is 14.1. The highest BCUT2D eigenvalue weighted by atomic mass is 35.5. The van der Waals surface area contributed by atoms with Crippen LogP contribution in [0.5, 0.6) is 5.75 Å². The Hall–Kier alpha value is -1.84. The number of nitrogens with one attached hydrogen (secondary N) is 1. The minimum atomic E-state index is 0.0268. The van der Waals surface area contributed by atoms with Crippen LogP contribution in [0.25, 0.3) is 11.1 Å². The van der Waals surface area contributed by atoms with Crippen molar-refractivity contribution in [1.82, 2.24) is 5.32 Å². The smallest absolute Gasteiger partial charge is 0.167 e. The van der Waals surface area contributed by atoms with E-state index < -0.39 is 0 Å². The van der Waals surface area contributed by atoms with Crippen LogP contribution in [0.3, 0.4) is 0 Å². The van der Waals surface area contributed by atoms with E-state index in [-0.39, 0.29) is 17.5 Å². The number of benzene rings is 2. The van der Waals surface area contributed by atoms with Gasteiger partial charge in [0.25, 0.3) is 0 Å². The van der Waals surface area contributed by atoms with Gasteiger partial charge in [0, 0.05) is 18.0 Å². The first-order valence-electron chi connectivity index (χ1n) is 6.99. The summed E-state index contributed by atoms with van der Waals surface area (Å²) in [6.45, 7) is 1.62. The molecular formula is C17H16ClNO2. The van der Waals surface area contributed by atoms with Crippen LogP contribution in [0, 0.1) is 5.92 Å². The molecule has 108 valence electrons. The Morgan fingerprint density at radius 3 is 2.76 bits per heavy atom. The van der Waals surface area contributed by atoms with Crippen LogP contribution >= 0.6 is 11.6 Å². The molecule has 1 aliphatic rings. The van der Waals surface area contributed by atoms with Gasteiger partial charge in [-0.1, -0.05) is 41.9 Å². The molecule has 0 aliphatic carbocycles. The first-order chi connectivity index (χ1) is 10.2. The Labute approximate surface area is 128 Å². The summed E-state index contributed by atoms with van der Waals surface area (Å²) in [6, 6.07) is 12.6. The molecule has 2 aromatic carbocycles. The molecular weight excluding hydrogens is 286 g/mol. The minimum absolute atomic E-state index is 0.0268. The van der Waals surface area contributed by atoms with Crippen molar-refractivity contribution in [2.75, 3.05) is 13.1 Å². The summed E-state index contributed by atoms with van der Waals surface area (Å²) in [5, 5.41) is 13.3. The lowest BCUT2D eigenvalue weighted by molar-refractivity contribution is 0.0931. The van der Waals surface area contributed by atoms with Gasteiger partial charge in [-0.3, -0.25) is 4.79 Å². The third kappa shape index (κ3) is 2.80. The maximum absolute atomic E-state index is 12.7. The van der Waals surface area contributed by atoms with E-state index >= 15 is 0 Å². The highest BCUT2D eigenvalue weighted by molar-refractivity contribution is 6.32. The standard InChI is InChI=1S/C17H16ClNO2/c18-15-6-5-11(9-16(15)20)13-3-1-2-4-14(13)17(21)12-7-8-19-10-12/h1-6,9,12,19-20H,7-8,10H2. The number of phenolic OH excluding ortho intramolecular Hbond substituents is 1. The second kappa shape index (κ2) is 5.88. The van der Waals surface area contributed by atoms with Crippen LogP contribution in [-0.4, -0.2) is 24.0 Å². The number of ketones is 1. The van der Waals surface area contributed by atoms with Crippen LogP contribution in [0.2, 0.25) is 5.02 Å². The molecule has 1 fully saturated rings. The second-order valence-electron chi connectivity index (χ2n) is 5.27. The number of hydrogen-bond acceptors (Lipinski definition) is 3. The van der Waals surface area contributed by atoms with Gasteiger partial charge in [-0.2, -0.15) is 0 Å². The van der Waals surface area contributed by atoms with Gasteiger partial charge in [0.2, 0.25) is 0 Å². The number of aromatic hydroxyl groups is 1. The van der Waals surface area contributed by atoms with Gasteiger partial charge in [0.15, 0.2) is 5.78 Å². The fraction of sp³-hybridized carbons (Fsp3) is 0.235. The van der Waals surface area contributed by atoms with Gasteiger partial charge in [-0.05, 0) is 36.2 Å². The topological polar surface area (TPSA) is 49.3 Å². The van der Waals surface area contributed by atoms with Gasteiger partial charge in [0.05, 0.1) is 5.02 Å². The maximum Gasteiger partial charge on any atom is 0.167 e. The summed E-state index contributed by atoms with van der Waals surface area (Å²) in [5.41, 5.74) is 2.33. The van der Waals surface area contributed by atoms with Gasteiger partial charge < -0.3 is 10.4 Å². The fourth-order valence-corrected chi connectivity index (χ4v) is 2.85. The quantitative estimate of drug-likeness (QED) is 0.853. The highest BCUT2D eigenvalue weighted by Gasteiger charge is 2.25. The van der Waals surface area contributed by atoms with Gasteiger partial charge in [-0.15, -0.1) is 0 Å². The van der Waals surface area contributed by atoms with E-state index in [4.69, 9.17) is 11.6 Å². The molecule has 0 radical (unpaired) electrons. The molecule has 2 aromatic rings. The Morgan fingerprint density at radius 1 is 1.24 bits per heavy atom. The van der Waals surface area contributed by atoms with E-state index in [0.29, 0.717) is 10.6 Å².